The SMILES string of the molecule is Cc1ccc2oc(=O)c3cc(C(=O)O)n(C)c3c2c1. The maximum atomic E-state index is 11.9. The van der Waals surface area contributed by atoms with Crippen LogP contribution in [0.4, 0.5) is 0 Å². The van der Waals surface area contributed by atoms with E-state index in [4.69, 9.17) is 9.52 Å². The van der Waals surface area contributed by atoms with Crippen molar-refractivity contribution in [1.29, 1.82) is 0 Å². The van der Waals surface area contributed by atoms with Gasteiger partial charge in [-0.3, -0.25) is 0 Å². The Kier molecular flexibility index (Phi) is 2.25. The van der Waals surface area contributed by atoms with Crippen LogP contribution in [0.25, 0.3) is 21.9 Å². The fourth-order valence-corrected chi connectivity index (χ4v) is 2.36. The summed E-state index contributed by atoms with van der Waals surface area (Å²) in [7, 11) is 1.63. The molecule has 0 unspecified atom stereocenters. The van der Waals surface area contributed by atoms with Crippen LogP contribution >= 0.6 is 0 Å². The predicted molar refractivity (Wildman–Crippen MR) is 70.7 cm³/mol. The van der Waals surface area contributed by atoms with Crippen molar-refractivity contribution in [2.45, 2.75) is 6.92 Å². The quantitative estimate of drug-likeness (QED) is 0.679. The van der Waals surface area contributed by atoms with Gasteiger partial charge in [0, 0.05) is 12.4 Å². The molecule has 0 aliphatic rings. The molecule has 1 aromatic carbocycles. The van der Waals surface area contributed by atoms with Gasteiger partial charge in [-0.25, -0.2) is 9.59 Å². The Morgan fingerprint density at radius 3 is 2.68 bits per heavy atom. The van der Waals surface area contributed by atoms with Gasteiger partial charge in [-0.2, -0.15) is 0 Å². The molecule has 0 saturated heterocycles. The summed E-state index contributed by atoms with van der Waals surface area (Å²) < 4.78 is 6.73. The van der Waals surface area contributed by atoms with Crippen molar-refractivity contribution < 1.29 is 14.3 Å². The lowest BCUT2D eigenvalue weighted by Crippen LogP contribution is -2.04. The number of nitrogens with zero attached hydrogens (tertiary/aromatic N) is 1. The molecule has 0 amide bonds. The second kappa shape index (κ2) is 3.71. The van der Waals surface area contributed by atoms with Gasteiger partial charge in [-0.15, -0.1) is 0 Å². The Bertz CT molecular complexity index is 886. The number of hydrogen-bond acceptors (Lipinski definition) is 3. The summed E-state index contributed by atoms with van der Waals surface area (Å²) in [5.41, 5.74) is 1.61. The van der Waals surface area contributed by atoms with Gasteiger partial charge in [0.2, 0.25) is 0 Å². The largest absolute Gasteiger partial charge is 0.477 e. The number of aromatic nitrogens is 1. The minimum atomic E-state index is -1.07. The van der Waals surface area contributed by atoms with Crippen molar-refractivity contribution in [3.8, 4) is 0 Å². The van der Waals surface area contributed by atoms with Crippen LogP contribution in [0, 0.1) is 6.92 Å². The summed E-state index contributed by atoms with van der Waals surface area (Å²) in [6, 6.07) is 6.80. The molecule has 1 N–H and O–H groups in total. The van der Waals surface area contributed by atoms with Gasteiger partial charge in [0.25, 0.3) is 0 Å². The maximum Gasteiger partial charge on any atom is 0.352 e. The molecule has 2 heterocycles. The molecule has 5 heteroatoms. The molecule has 0 saturated carbocycles. The summed E-state index contributed by atoms with van der Waals surface area (Å²) in [4.78, 5) is 23.0. The van der Waals surface area contributed by atoms with Crippen LogP contribution in [0.15, 0.2) is 33.5 Å². The van der Waals surface area contributed by atoms with E-state index >= 15 is 0 Å². The Morgan fingerprint density at radius 1 is 1.26 bits per heavy atom. The van der Waals surface area contributed by atoms with Gasteiger partial charge in [0.1, 0.15) is 11.3 Å². The number of fused-ring (bicyclic) bond motifs is 3. The number of aromatic carboxylic acids is 1. The number of carbonyl (C=O) groups is 1. The van der Waals surface area contributed by atoms with Crippen molar-refractivity contribution in [2.24, 2.45) is 7.05 Å². The second-order valence-corrected chi connectivity index (χ2v) is 4.55. The van der Waals surface area contributed by atoms with Crippen LogP contribution in [0.3, 0.4) is 0 Å². The Morgan fingerprint density at radius 2 is 2.00 bits per heavy atom. The van der Waals surface area contributed by atoms with Gasteiger partial charge >= 0.3 is 11.6 Å². The van der Waals surface area contributed by atoms with E-state index in [1.165, 1.54) is 10.6 Å². The highest BCUT2D eigenvalue weighted by molar-refractivity contribution is 6.06. The summed E-state index contributed by atoms with van der Waals surface area (Å²) in [6.07, 6.45) is 0. The number of aryl methyl sites for hydroxylation is 2. The molecular weight excluding hydrogens is 246 g/mol. The Hall–Kier alpha value is -2.56. The van der Waals surface area contributed by atoms with E-state index in [0.29, 0.717) is 11.1 Å². The third-order valence-electron chi connectivity index (χ3n) is 3.26. The topological polar surface area (TPSA) is 72.4 Å². The minimum Gasteiger partial charge on any atom is -0.477 e. The molecule has 0 fully saturated rings. The summed E-state index contributed by atoms with van der Waals surface area (Å²) in [6.45, 7) is 1.93. The van der Waals surface area contributed by atoms with Crippen LogP contribution < -0.4 is 5.63 Å². The van der Waals surface area contributed by atoms with Crippen molar-refractivity contribution in [1.82, 2.24) is 4.57 Å². The molecule has 0 atom stereocenters. The minimum absolute atomic E-state index is 0.0660. The average molecular weight is 257 g/mol. The number of hydrogen-bond donors (Lipinski definition) is 1. The van der Waals surface area contributed by atoms with Gasteiger partial charge in [-0.05, 0) is 25.1 Å². The molecule has 5 nitrogen and oxygen atoms in total. The van der Waals surface area contributed by atoms with Crippen LogP contribution in [-0.4, -0.2) is 15.6 Å². The van der Waals surface area contributed by atoms with E-state index in [0.717, 1.165) is 10.9 Å². The number of carboxylic acids is 1. The molecule has 3 aromatic rings. The first-order chi connectivity index (χ1) is 8.99. The van der Waals surface area contributed by atoms with E-state index in [1.54, 1.807) is 13.1 Å². The molecule has 3 rings (SSSR count). The third kappa shape index (κ3) is 1.55. The number of carboxylic acid groups (broad SMARTS) is 1. The van der Waals surface area contributed by atoms with Crippen LogP contribution in [0.2, 0.25) is 0 Å². The molecular formula is C14H11NO4. The molecule has 0 spiro atoms. The lowest BCUT2D eigenvalue weighted by molar-refractivity contribution is 0.0687. The van der Waals surface area contributed by atoms with Crippen molar-refractivity contribution in [3.05, 3.63) is 45.9 Å². The first kappa shape index (κ1) is 11.5. The van der Waals surface area contributed by atoms with Crippen molar-refractivity contribution in [2.75, 3.05) is 0 Å². The molecule has 0 aliphatic heterocycles. The lowest BCUT2D eigenvalue weighted by Gasteiger charge is -2.04. The summed E-state index contributed by atoms with van der Waals surface area (Å²) in [5, 5.41) is 10.2. The van der Waals surface area contributed by atoms with Gasteiger partial charge in [0.05, 0.1) is 10.9 Å². The predicted octanol–water partition coefficient (Wildman–Crippen LogP) is 2.29. The van der Waals surface area contributed by atoms with E-state index < -0.39 is 11.6 Å². The maximum absolute atomic E-state index is 11.9. The van der Waals surface area contributed by atoms with Crippen LogP contribution in [-0.2, 0) is 7.05 Å². The zero-order valence-corrected chi connectivity index (χ0v) is 10.4. The molecule has 2 aromatic heterocycles. The number of rotatable bonds is 1. The molecule has 0 bridgehead atoms. The van der Waals surface area contributed by atoms with Crippen molar-refractivity contribution >= 4 is 27.8 Å². The van der Waals surface area contributed by atoms with Gasteiger partial charge in [0.15, 0.2) is 0 Å². The second-order valence-electron chi connectivity index (χ2n) is 4.55. The van der Waals surface area contributed by atoms with Gasteiger partial charge in [-0.1, -0.05) is 11.6 Å². The molecule has 0 radical (unpaired) electrons. The zero-order valence-electron chi connectivity index (χ0n) is 10.4. The normalized spacial score (nSPS) is 11.3. The first-order valence-corrected chi connectivity index (χ1v) is 5.75. The lowest BCUT2D eigenvalue weighted by atomic mass is 10.1. The molecule has 96 valence electrons. The smallest absolute Gasteiger partial charge is 0.352 e. The van der Waals surface area contributed by atoms with Crippen molar-refractivity contribution in [3.63, 3.8) is 0 Å². The Labute approximate surface area is 107 Å². The third-order valence-corrected chi connectivity index (χ3v) is 3.26. The van der Waals surface area contributed by atoms with E-state index in [9.17, 15) is 9.59 Å². The Balaban J connectivity index is 2.62. The fraction of sp³-hybridized carbons (Fsp3) is 0.143. The summed E-state index contributed by atoms with van der Waals surface area (Å²) >= 11 is 0. The number of benzene rings is 1. The standard InChI is InChI=1S/C14H11NO4/c1-7-3-4-11-8(5-7)12-9(14(18)19-11)6-10(13(16)17)15(12)2/h3-6H,1-2H3,(H,16,17). The first-order valence-electron chi connectivity index (χ1n) is 5.75. The van der Waals surface area contributed by atoms with Crippen LogP contribution in [0.1, 0.15) is 16.1 Å². The monoisotopic (exact) mass is 257 g/mol. The summed E-state index contributed by atoms with van der Waals surface area (Å²) in [5.74, 6) is -1.07. The highest BCUT2D eigenvalue weighted by Crippen LogP contribution is 2.26. The average Bonchev–Trinajstić information content (AvgIpc) is 2.69. The van der Waals surface area contributed by atoms with E-state index in [1.807, 2.05) is 19.1 Å². The van der Waals surface area contributed by atoms with E-state index in [-0.39, 0.29) is 11.1 Å². The highest BCUT2D eigenvalue weighted by atomic mass is 16.4. The zero-order chi connectivity index (χ0) is 13.7. The van der Waals surface area contributed by atoms with Crippen LogP contribution in [0.5, 0.6) is 0 Å². The highest BCUT2D eigenvalue weighted by Gasteiger charge is 2.17. The van der Waals surface area contributed by atoms with E-state index in [2.05, 4.69) is 0 Å². The molecule has 0 aliphatic carbocycles. The molecule has 19 heavy (non-hydrogen) atoms. The van der Waals surface area contributed by atoms with Gasteiger partial charge < -0.3 is 14.1 Å². The fourth-order valence-electron chi connectivity index (χ4n) is 2.36.